The van der Waals surface area contributed by atoms with Gasteiger partial charge in [-0.05, 0) is 37.5 Å². The highest BCUT2D eigenvalue weighted by Gasteiger charge is 2.15. The van der Waals surface area contributed by atoms with Crippen LogP contribution < -0.4 is 5.32 Å². The highest BCUT2D eigenvalue weighted by Crippen LogP contribution is 2.37. The molecular weight excluding hydrogens is 306 g/mol. The number of anilines is 1. The minimum absolute atomic E-state index is 0.186. The third kappa shape index (κ3) is 3.21. The van der Waals surface area contributed by atoms with E-state index in [1.165, 1.54) is 22.3 Å². The highest BCUT2D eigenvalue weighted by molar-refractivity contribution is 7.17. The molecule has 0 aliphatic heterocycles. The monoisotopic (exact) mass is 327 g/mol. The molecule has 0 aliphatic carbocycles. The molecule has 0 spiro atoms. The predicted octanol–water partition coefficient (Wildman–Crippen LogP) is 4.42. The Hall–Kier alpha value is -1.98. The van der Waals surface area contributed by atoms with E-state index < -0.39 is 0 Å². The third-order valence-electron chi connectivity index (χ3n) is 3.99. The molecule has 0 saturated heterocycles. The Bertz CT molecular complexity index is 828. The van der Waals surface area contributed by atoms with Crippen molar-refractivity contribution in [2.45, 2.75) is 26.8 Å². The van der Waals surface area contributed by atoms with Gasteiger partial charge in [0.1, 0.15) is 17.0 Å². The topological polar surface area (TPSA) is 47.0 Å². The number of nitrogens with zero attached hydrogens (tertiary/aromatic N) is 2. The second kappa shape index (κ2) is 6.64. The van der Waals surface area contributed by atoms with E-state index in [1.54, 1.807) is 24.8 Å². The van der Waals surface area contributed by atoms with Gasteiger partial charge in [-0.2, -0.15) is 0 Å². The fraction of sp³-hybridized carbons (Fsp3) is 0.333. The van der Waals surface area contributed by atoms with Crippen LogP contribution in [0.5, 0.6) is 0 Å². The number of aromatic nitrogens is 2. The van der Waals surface area contributed by atoms with E-state index in [9.17, 15) is 0 Å². The summed E-state index contributed by atoms with van der Waals surface area (Å²) < 4.78 is 5.21. The lowest BCUT2D eigenvalue weighted by molar-refractivity contribution is 0.190. The lowest BCUT2D eigenvalue weighted by Gasteiger charge is -2.14. The quantitative estimate of drug-likeness (QED) is 0.753. The van der Waals surface area contributed by atoms with E-state index in [0.717, 1.165) is 16.0 Å². The molecule has 0 saturated carbocycles. The summed E-state index contributed by atoms with van der Waals surface area (Å²) in [5.74, 6) is 0.869. The number of aryl methyl sites for hydroxylation is 2. The maximum atomic E-state index is 5.21. The molecule has 0 amide bonds. The lowest BCUT2D eigenvalue weighted by Crippen LogP contribution is -2.21. The minimum atomic E-state index is 0.186. The summed E-state index contributed by atoms with van der Waals surface area (Å²) in [7, 11) is 1.71. The van der Waals surface area contributed by atoms with Gasteiger partial charge < -0.3 is 10.1 Å². The van der Waals surface area contributed by atoms with Gasteiger partial charge in [0.05, 0.1) is 12.0 Å². The standard InChI is InChI=1S/C18H21N3OS/c1-11-5-6-14(7-12(11)2)15-9-23-18-16(15)17(19-10-20-18)21-13(3)8-22-4/h5-7,9-10,13H,8H2,1-4H3,(H,19,20,21). The molecule has 0 radical (unpaired) electrons. The van der Waals surface area contributed by atoms with Crippen molar-refractivity contribution in [2.75, 3.05) is 19.0 Å². The van der Waals surface area contributed by atoms with Crippen LogP contribution in [0.4, 0.5) is 5.82 Å². The zero-order chi connectivity index (χ0) is 16.4. The number of ether oxygens (including phenoxy) is 1. The van der Waals surface area contributed by atoms with Gasteiger partial charge in [0.15, 0.2) is 0 Å². The molecule has 0 fully saturated rings. The number of hydrogen-bond donors (Lipinski definition) is 1. The van der Waals surface area contributed by atoms with Gasteiger partial charge in [-0.25, -0.2) is 9.97 Å². The number of hydrogen-bond acceptors (Lipinski definition) is 5. The average Bonchev–Trinajstić information content (AvgIpc) is 2.95. The van der Waals surface area contributed by atoms with Gasteiger partial charge in [0.25, 0.3) is 0 Å². The Morgan fingerprint density at radius 1 is 1.22 bits per heavy atom. The Kier molecular flexibility index (Phi) is 4.59. The molecule has 3 aromatic rings. The van der Waals surface area contributed by atoms with Crippen LogP contribution in [-0.4, -0.2) is 29.7 Å². The van der Waals surface area contributed by atoms with Crippen molar-refractivity contribution >= 4 is 27.4 Å². The van der Waals surface area contributed by atoms with Crippen molar-refractivity contribution < 1.29 is 4.74 Å². The molecule has 3 rings (SSSR count). The first kappa shape index (κ1) is 15.9. The van der Waals surface area contributed by atoms with Crippen LogP contribution in [0.15, 0.2) is 29.9 Å². The van der Waals surface area contributed by atoms with Crippen LogP contribution in [0.3, 0.4) is 0 Å². The van der Waals surface area contributed by atoms with Gasteiger partial charge in [-0.1, -0.05) is 18.2 Å². The van der Waals surface area contributed by atoms with Crippen LogP contribution in [0.1, 0.15) is 18.1 Å². The summed E-state index contributed by atoms with van der Waals surface area (Å²) in [5.41, 5.74) is 4.98. The molecule has 1 N–H and O–H groups in total. The average molecular weight is 327 g/mol. The molecule has 1 atom stereocenters. The predicted molar refractivity (Wildman–Crippen MR) is 97.3 cm³/mol. The Morgan fingerprint density at radius 3 is 2.78 bits per heavy atom. The third-order valence-corrected chi connectivity index (χ3v) is 4.87. The molecule has 4 nitrogen and oxygen atoms in total. The van der Waals surface area contributed by atoms with Gasteiger partial charge in [-0.15, -0.1) is 11.3 Å². The van der Waals surface area contributed by atoms with E-state index in [0.29, 0.717) is 6.61 Å². The molecule has 5 heteroatoms. The van der Waals surface area contributed by atoms with E-state index in [2.05, 4.69) is 59.6 Å². The highest BCUT2D eigenvalue weighted by atomic mass is 32.1. The summed E-state index contributed by atoms with van der Waals surface area (Å²) in [6.45, 7) is 6.99. The van der Waals surface area contributed by atoms with Crippen molar-refractivity contribution in [1.82, 2.24) is 9.97 Å². The molecule has 0 aliphatic rings. The molecule has 120 valence electrons. The van der Waals surface area contributed by atoms with Gasteiger partial charge in [-0.3, -0.25) is 0 Å². The zero-order valence-electron chi connectivity index (χ0n) is 13.9. The summed E-state index contributed by atoms with van der Waals surface area (Å²) in [6.07, 6.45) is 1.62. The number of rotatable bonds is 5. The summed E-state index contributed by atoms with van der Waals surface area (Å²) >= 11 is 1.65. The Morgan fingerprint density at radius 2 is 2.04 bits per heavy atom. The van der Waals surface area contributed by atoms with Crippen LogP contribution in [0.2, 0.25) is 0 Å². The Labute approximate surface area is 140 Å². The number of methoxy groups -OCH3 is 1. The zero-order valence-corrected chi connectivity index (χ0v) is 14.7. The molecule has 23 heavy (non-hydrogen) atoms. The first-order valence-electron chi connectivity index (χ1n) is 7.65. The van der Waals surface area contributed by atoms with Crippen molar-refractivity contribution in [2.24, 2.45) is 0 Å². The Balaban J connectivity index is 2.09. The number of fused-ring (bicyclic) bond motifs is 1. The van der Waals surface area contributed by atoms with Gasteiger partial charge in [0, 0.05) is 24.1 Å². The summed E-state index contributed by atoms with van der Waals surface area (Å²) in [5, 5.41) is 6.69. The molecule has 2 aromatic heterocycles. The van der Waals surface area contributed by atoms with Crippen LogP contribution in [0.25, 0.3) is 21.3 Å². The van der Waals surface area contributed by atoms with Crippen LogP contribution >= 0.6 is 11.3 Å². The van der Waals surface area contributed by atoms with Crippen LogP contribution in [-0.2, 0) is 4.74 Å². The van der Waals surface area contributed by atoms with Crippen molar-refractivity contribution in [3.8, 4) is 11.1 Å². The largest absolute Gasteiger partial charge is 0.383 e. The van der Waals surface area contributed by atoms with E-state index in [4.69, 9.17) is 4.74 Å². The summed E-state index contributed by atoms with van der Waals surface area (Å²) in [6, 6.07) is 6.75. The lowest BCUT2D eigenvalue weighted by atomic mass is 10.0. The fourth-order valence-corrected chi connectivity index (χ4v) is 3.55. The fourth-order valence-electron chi connectivity index (χ4n) is 2.63. The maximum absolute atomic E-state index is 5.21. The first-order chi connectivity index (χ1) is 11.1. The molecule has 1 aromatic carbocycles. The number of nitrogens with one attached hydrogen (secondary N) is 1. The summed E-state index contributed by atoms with van der Waals surface area (Å²) in [4.78, 5) is 9.87. The van der Waals surface area contributed by atoms with E-state index in [1.807, 2.05) is 0 Å². The molecule has 2 heterocycles. The normalized spacial score (nSPS) is 12.5. The second-order valence-corrected chi connectivity index (χ2v) is 6.71. The van der Waals surface area contributed by atoms with Crippen molar-refractivity contribution in [3.63, 3.8) is 0 Å². The second-order valence-electron chi connectivity index (χ2n) is 5.85. The number of benzene rings is 1. The molecular formula is C18H21N3OS. The molecule has 0 bridgehead atoms. The maximum Gasteiger partial charge on any atom is 0.139 e. The van der Waals surface area contributed by atoms with Crippen molar-refractivity contribution in [1.29, 1.82) is 0 Å². The van der Waals surface area contributed by atoms with Crippen molar-refractivity contribution in [3.05, 3.63) is 41.0 Å². The minimum Gasteiger partial charge on any atom is -0.383 e. The van der Waals surface area contributed by atoms with E-state index >= 15 is 0 Å². The molecule has 1 unspecified atom stereocenters. The SMILES string of the molecule is COCC(C)Nc1ncnc2scc(-c3ccc(C)c(C)c3)c12. The smallest absolute Gasteiger partial charge is 0.139 e. The van der Waals surface area contributed by atoms with Gasteiger partial charge >= 0.3 is 0 Å². The van der Waals surface area contributed by atoms with Crippen LogP contribution in [0, 0.1) is 13.8 Å². The number of thiophene rings is 1. The van der Waals surface area contributed by atoms with E-state index in [-0.39, 0.29) is 6.04 Å². The van der Waals surface area contributed by atoms with Gasteiger partial charge in [0.2, 0.25) is 0 Å². The first-order valence-corrected chi connectivity index (χ1v) is 8.53.